The number of aryl methyl sites for hydroxylation is 1. The molecular weight excluding hydrogens is 577 g/mol. The highest BCUT2D eigenvalue weighted by atomic mass is 19.4. The molecular formula is C33H43F3N2O6. The summed E-state index contributed by atoms with van der Waals surface area (Å²) < 4.78 is 57.4. The summed E-state index contributed by atoms with van der Waals surface area (Å²) in [6.45, 7) is 12.2. The van der Waals surface area contributed by atoms with E-state index in [1.165, 1.54) is 11.0 Å². The summed E-state index contributed by atoms with van der Waals surface area (Å²) in [5.41, 5.74) is 0.0349. The number of nitrogens with zero attached hydrogens (tertiary/aromatic N) is 2. The van der Waals surface area contributed by atoms with E-state index >= 15 is 0 Å². The van der Waals surface area contributed by atoms with Gasteiger partial charge >= 0.3 is 18.2 Å². The summed E-state index contributed by atoms with van der Waals surface area (Å²) in [4.78, 5) is 41.4. The van der Waals surface area contributed by atoms with Crippen LogP contribution in [0.1, 0.15) is 83.6 Å². The minimum Gasteiger partial charge on any atom is -0.489 e. The molecule has 11 heteroatoms. The van der Waals surface area contributed by atoms with Crippen molar-refractivity contribution in [1.82, 2.24) is 4.90 Å². The molecule has 1 heterocycles. The number of rotatable bonds is 10. The van der Waals surface area contributed by atoms with Gasteiger partial charge in [-0.25, -0.2) is 4.79 Å². The number of carbonyl (C=O) groups is 3. The summed E-state index contributed by atoms with van der Waals surface area (Å²) in [6, 6.07) is 9.44. The third-order valence-electron chi connectivity index (χ3n) is 6.64. The van der Waals surface area contributed by atoms with E-state index in [-0.39, 0.29) is 37.6 Å². The number of fused-ring (bicyclic) bond motifs is 1. The minimum absolute atomic E-state index is 0.0422. The number of esters is 1. The van der Waals surface area contributed by atoms with Crippen LogP contribution in [0.5, 0.6) is 5.75 Å². The van der Waals surface area contributed by atoms with E-state index < -0.39 is 35.0 Å². The lowest BCUT2D eigenvalue weighted by atomic mass is 10.00. The highest BCUT2D eigenvalue weighted by molar-refractivity contribution is 5.98. The minimum atomic E-state index is -4.45. The maximum absolute atomic E-state index is 13.6. The number of benzene rings is 2. The van der Waals surface area contributed by atoms with Crippen molar-refractivity contribution in [3.8, 4) is 5.75 Å². The zero-order valence-electron chi connectivity index (χ0n) is 26.6. The van der Waals surface area contributed by atoms with E-state index in [0.717, 1.165) is 11.6 Å². The Morgan fingerprint density at radius 3 is 2.23 bits per heavy atom. The number of anilines is 1. The average Bonchev–Trinajstić information content (AvgIpc) is 3.31. The van der Waals surface area contributed by atoms with E-state index in [0.29, 0.717) is 42.8 Å². The van der Waals surface area contributed by atoms with E-state index in [2.05, 4.69) is 0 Å². The molecule has 0 bridgehead atoms. The molecule has 0 radical (unpaired) electrons. The number of hydrogen-bond donors (Lipinski definition) is 0. The van der Waals surface area contributed by atoms with Crippen molar-refractivity contribution in [2.45, 2.75) is 98.1 Å². The second kappa shape index (κ2) is 13.9. The first-order valence-corrected chi connectivity index (χ1v) is 14.8. The molecule has 0 fully saturated rings. The van der Waals surface area contributed by atoms with Crippen LogP contribution in [0.25, 0.3) is 0 Å². The number of carbonyl (C=O) groups excluding carboxylic acids is 3. The van der Waals surface area contributed by atoms with E-state index in [9.17, 15) is 27.6 Å². The van der Waals surface area contributed by atoms with Crippen molar-refractivity contribution in [1.29, 1.82) is 0 Å². The standard InChI is InChI=1S/C33H43F3N2O6/c1-8-9-23-11-10-22(18-26(23)33(34,35)36)21-42-25-12-13-27-24(19-25)14-17-38(27)28(39)20-37(30(41)44-32(5,6)7)16-15-29(40)43-31(2,3)4/h10-13,18-19H,8-9,14-17,20-21H2,1-7H3. The molecule has 0 atom stereocenters. The molecule has 2 aromatic carbocycles. The Morgan fingerprint density at radius 1 is 0.932 bits per heavy atom. The molecule has 2 aromatic rings. The average molecular weight is 621 g/mol. The summed E-state index contributed by atoms with van der Waals surface area (Å²) >= 11 is 0. The number of alkyl halides is 3. The Kier molecular flexibility index (Phi) is 11.0. The van der Waals surface area contributed by atoms with Gasteiger partial charge in [0.25, 0.3) is 0 Å². The quantitative estimate of drug-likeness (QED) is 0.264. The van der Waals surface area contributed by atoms with Crippen LogP contribution in [-0.2, 0) is 44.7 Å². The molecule has 0 spiro atoms. The molecule has 1 aliphatic heterocycles. The Bertz CT molecular complexity index is 1340. The Morgan fingerprint density at radius 2 is 1.61 bits per heavy atom. The number of ether oxygens (including phenoxy) is 3. The van der Waals surface area contributed by atoms with E-state index in [1.807, 2.05) is 6.92 Å². The molecule has 0 aromatic heterocycles. The lowest BCUT2D eigenvalue weighted by Crippen LogP contribution is -2.45. The fourth-order valence-corrected chi connectivity index (χ4v) is 4.79. The monoisotopic (exact) mass is 620 g/mol. The second-order valence-corrected chi connectivity index (χ2v) is 12.9. The molecule has 0 N–H and O–H groups in total. The van der Waals surface area contributed by atoms with Gasteiger partial charge in [-0.1, -0.05) is 25.5 Å². The van der Waals surface area contributed by atoms with Gasteiger partial charge in [0.15, 0.2) is 0 Å². The van der Waals surface area contributed by atoms with Gasteiger partial charge in [-0.3, -0.25) is 14.5 Å². The van der Waals surface area contributed by atoms with Crippen LogP contribution in [-0.4, -0.2) is 53.7 Å². The number of hydrogen-bond acceptors (Lipinski definition) is 6. The normalized spacial score (nSPS) is 13.4. The second-order valence-electron chi connectivity index (χ2n) is 12.9. The molecule has 8 nitrogen and oxygen atoms in total. The smallest absolute Gasteiger partial charge is 0.416 e. The van der Waals surface area contributed by atoms with Gasteiger partial charge in [0, 0.05) is 18.8 Å². The van der Waals surface area contributed by atoms with Crippen LogP contribution < -0.4 is 9.64 Å². The largest absolute Gasteiger partial charge is 0.489 e. The van der Waals surface area contributed by atoms with Crippen molar-refractivity contribution < 1.29 is 41.8 Å². The molecule has 44 heavy (non-hydrogen) atoms. The van der Waals surface area contributed by atoms with Crippen molar-refractivity contribution >= 4 is 23.7 Å². The first-order valence-electron chi connectivity index (χ1n) is 14.8. The van der Waals surface area contributed by atoms with Crippen molar-refractivity contribution in [3.63, 3.8) is 0 Å². The highest BCUT2D eigenvalue weighted by Gasteiger charge is 2.34. The fourth-order valence-electron chi connectivity index (χ4n) is 4.79. The maximum atomic E-state index is 13.6. The van der Waals surface area contributed by atoms with E-state index in [4.69, 9.17) is 14.2 Å². The molecule has 0 aliphatic carbocycles. The summed E-state index contributed by atoms with van der Waals surface area (Å²) in [5.74, 6) is -0.375. The van der Waals surface area contributed by atoms with Crippen LogP contribution >= 0.6 is 0 Å². The van der Waals surface area contributed by atoms with Crippen LogP contribution in [0.4, 0.5) is 23.7 Å². The number of halogens is 3. The van der Waals surface area contributed by atoms with E-state index in [1.54, 1.807) is 70.7 Å². The summed E-state index contributed by atoms with van der Waals surface area (Å²) in [7, 11) is 0. The zero-order valence-corrected chi connectivity index (χ0v) is 26.6. The molecule has 3 rings (SSSR count). The fraction of sp³-hybridized carbons (Fsp3) is 0.545. The molecule has 0 saturated carbocycles. The van der Waals surface area contributed by atoms with Crippen LogP contribution in [0.15, 0.2) is 36.4 Å². The molecule has 0 saturated heterocycles. The third-order valence-corrected chi connectivity index (χ3v) is 6.64. The Balaban J connectivity index is 1.69. The lowest BCUT2D eigenvalue weighted by molar-refractivity contribution is -0.155. The third kappa shape index (κ3) is 10.2. The van der Waals surface area contributed by atoms with Crippen LogP contribution in [0.2, 0.25) is 0 Å². The van der Waals surface area contributed by atoms with Gasteiger partial charge in [0.2, 0.25) is 5.91 Å². The zero-order chi connectivity index (χ0) is 32.9. The van der Waals surface area contributed by atoms with Gasteiger partial charge < -0.3 is 19.1 Å². The van der Waals surface area contributed by atoms with Crippen molar-refractivity contribution in [2.75, 3.05) is 24.5 Å². The Labute approximate surface area is 257 Å². The lowest BCUT2D eigenvalue weighted by Gasteiger charge is -2.29. The van der Waals surface area contributed by atoms with Gasteiger partial charge in [0.05, 0.1) is 12.0 Å². The molecule has 0 unspecified atom stereocenters. The summed E-state index contributed by atoms with van der Waals surface area (Å²) in [5, 5.41) is 0. The van der Waals surface area contributed by atoms with Crippen LogP contribution in [0, 0.1) is 0 Å². The SMILES string of the molecule is CCCc1ccc(COc2ccc3c(c2)CCN3C(=O)CN(CCC(=O)OC(C)(C)C)C(=O)OC(C)(C)C)cc1C(F)(F)F. The van der Waals surface area contributed by atoms with Gasteiger partial charge in [-0.15, -0.1) is 0 Å². The first kappa shape index (κ1) is 34.7. The van der Waals surface area contributed by atoms with Crippen molar-refractivity contribution in [2.24, 2.45) is 0 Å². The highest BCUT2D eigenvalue weighted by Crippen LogP contribution is 2.35. The molecule has 242 valence electrons. The topological polar surface area (TPSA) is 85.4 Å². The van der Waals surface area contributed by atoms with Gasteiger partial charge in [-0.05, 0) is 95.3 Å². The van der Waals surface area contributed by atoms with Crippen molar-refractivity contribution in [3.05, 3.63) is 58.7 Å². The molecule has 2 amide bonds. The summed E-state index contributed by atoms with van der Waals surface area (Å²) in [6.07, 6.45) is -3.78. The number of amides is 2. The first-order chi connectivity index (χ1) is 20.4. The molecule has 1 aliphatic rings. The van der Waals surface area contributed by atoms with Gasteiger partial charge in [0.1, 0.15) is 30.1 Å². The maximum Gasteiger partial charge on any atom is 0.416 e. The van der Waals surface area contributed by atoms with Gasteiger partial charge in [-0.2, -0.15) is 13.2 Å². The predicted molar refractivity (Wildman–Crippen MR) is 161 cm³/mol. The predicted octanol–water partition coefficient (Wildman–Crippen LogP) is 7.09. The Hall–Kier alpha value is -3.76. The van der Waals surface area contributed by atoms with Crippen LogP contribution in [0.3, 0.4) is 0 Å².